The van der Waals surface area contributed by atoms with Crippen LogP contribution in [0.15, 0.2) is 48.5 Å². The van der Waals surface area contributed by atoms with E-state index in [1.165, 1.54) is 16.3 Å². The molecular weight excluding hydrogens is 272 g/mol. The van der Waals surface area contributed by atoms with Crippen LogP contribution < -0.4 is 0 Å². The van der Waals surface area contributed by atoms with Crippen molar-refractivity contribution >= 4 is 22.9 Å². The van der Waals surface area contributed by atoms with Crippen LogP contribution in [0.3, 0.4) is 0 Å². The Kier molecular flexibility index (Phi) is 2.25. The second-order valence-corrected chi connectivity index (χ2v) is 6.01. The van der Waals surface area contributed by atoms with E-state index in [0.29, 0.717) is 0 Å². The highest BCUT2D eigenvalue weighted by molar-refractivity contribution is 6.08. The van der Waals surface area contributed by atoms with Crippen LogP contribution in [0.4, 0.5) is 0 Å². The van der Waals surface area contributed by atoms with E-state index in [2.05, 4.69) is 36.4 Å². The maximum Gasteiger partial charge on any atom is 0.110 e. The summed E-state index contributed by atoms with van der Waals surface area (Å²) in [4.78, 5) is 0. The molecular formula is C20H14O2. The fourth-order valence-electron chi connectivity index (χ4n) is 3.89. The number of aliphatic hydroxyl groups is 2. The van der Waals surface area contributed by atoms with Crippen LogP contribution in [-0.2, 0) is 0 Å². The van der Waals surface area contributed by atoms with Gasteiger partial charge in [-0.15, -0.1) is 0 Å². The van der Waals surface area contributed by atoms with Gasteiger partial charge in [-0.2, -0.15) is 0 Å². The summed E-state index contributed by atoms with van der Waals surface area (Å²) in [6.07, 6.45) is 2.37. The van der Waals surface area contributed by atoms with Crippen molar-refractivity contribution in [2.24, 2.45) is 0 Å². The molecule has 2 atom stereocenters. The minimum absolute atomic E-state index is 0.798. The lowest BCUT2D eigenvalue weighted by atomic mass is 9.78. The van der Waals surface area contributed by atoms with E-state index < -0.39 is 12.2 Å². The van der Waals surface area contributed by atoms with Crippen LogP contribution >= 0.6 is 0 Å². The summed E-state index contributed by atoms with van der Waals surface area (Å²) in [5.74, 6) is 0. The van der Waals surface area contributed by atoms with Gasteiger partial charge in [-0.1, -0.05) is 54.6 Å². The molecule has 2 aliphatic rings. The molecule has 3 aromatic carbocycles. The van der Waals surface area contributed by atoms with Crippen LogP contribution in [0.5, 0.6) is 0 Å². The monoisotopic (exact) mass is 286 g/mol. The van der Waals surface area contributed by atoms with E-state index in [9.17, 15) is 10.2 Å². The first-order chi connectivity index (χ1) is 10.8. The summed E-state index contributed by atoms with van der Waals surface area (Å²) in [5, 5.41) is 23.5. The maximum atomic E-state index is 10.7. The molecule has 0 spiro atoms. The smallest absolute Gasteiger partial charge is 0.110 e. The third kappa shape index (κ3) is 1.36. The number of rotatable bonds is 0. The van der Waals surface area contributed by atoms with Crippen molar-refractivity contribution in [1.82, 2.24) is 0 Å². The van der Waals surface area contributed by atoms with Gasteiger partial charge < -0.3 is 10.2 Å². The molecule has 0 bridgehead atoms. The standard InChI is InChI=1S/C20H14O2/c21-19-14-7-2-1-6-13(14)16-10-12-5-3-4-11-8-9-15(17(11)12)18(16)20(19)22/h1-10,19-22H. The molecule has 3 aromatic rings. The Bertz CT molecular complexity index is 969. The first-order valence-corrected chi connectivity index (χ1v) is 7.49. The van der Waals surface area contributed by atoms with Crippen molar-refractivity contribution < 1.29 is 10.2 Å². The molecule has 2 unspecified atom stereocenters. The summed E-state index contributed by atoms with van der Waals surface area (Å²) in [5.41, 5.74) is 5.91. The zero-order valence-corrected chi connectivity index (χ0v) is 11.8. The van der Waals surface area contributed by atoms with Crippen molar-refractivity contribution in [2.45, 2.75) is 12.2 Å². The molecule has 2 N–H and O–H groups in total. The molecule has 0 aromatic heterocycles. The van der Waals surface area contributed by atoms with Gasteiger partial charge in [0.15, 0.2) is 0 Å². The lowest BCUT2D eigenvalue weighted by Crippen LogP contribution is -2.18. The van der Waals surface area contributed by atoms with Crippen LogP contribution in [0.1, 0.15) is 34.5 Å². The summed E-state index contributed by atoms with van der Waals surface area (Å²) < 4.78 is 0. The molecule has 5 rings (SSSR count). The molecule has 0 heterocycles. The van der Waals surface area contributed by atoms with E-state index in [0.717, 1.165) is 27.8 Å². The minimum atomic E-state index is -0.889. The predicted molar refractivity (Wildman–Crippen MR) is 88.2 cm³/mol. The second-order valence-electron chi connectivity index (χ2n) is 6.01. The lowest BCUT2D eigenvalue weighted by molar-refractivity contribution is 0.0158. The maximum absolute atomic E-state index is 10.7. The van der Waals surface area contributed by atoms with Gasteiger partial charge in [0.05, 0.1) is 0 Å². The van der Waals surface area contributed by atoms with Crippen LogP contribution in [-0.4, -0.2) is 10.2 Å². The SMILES string of the molecule is OC1c2ccccc2-c2cc3cccc4c3c(c2C1O)C=C4. The normalized spacial score (nSPS) is 21.0. The Hall–Kier alpha value is -2.42. The van der Waals surface area contributed by atoms with Gasteiger partial charge in [0.25, 0.3) is 0 Å². The topological polar surface area (TPSA) is 40.5 Å². The summed E-state index contributed by atoms with van der Waals surface area (Å²) >= 11 is 0. The molecule has 0 fully saturated rings. The number of benzene rings is 3. The van der Waals surface area contributed by atoms with E-state index in [-0.39, 0.29) is 0 Å². The minimum Gasteiger partial charge on any atom is -0.385 e. The molecule has 106 valence electrons. The van der Waals surface area contributed by atoms with Gasteiger partial charge >= 0.3 is 0 Å². The first kappa shape index (κ1) is 12.2. The van der Waals surface area contributed by atoms with Crippen molar-refractivity contribution in [3.63, 3.8) is 0 Å². The highest BCUT2D eigenvalue weighted by Gasteiger charge is 2.34. The van der Waals surface area contributed by atoms with Crippen molar-refractivity contribution in [3.8, 4) is 11.1 Å². The van der Waals surface area contributed by atoms with E-state index in [1.807, 2.05) is 24.3 Å². The van der Waals surface area contributed by atoms with E-state index in [1.54, 1.807) is 0 Å². The van der Waals surface area contributed by atoms with Crippen LogP contribution in [0.25, 0.3) is 34.1 Å². The first-order valence-electron chi connectivity index (χ1n) is 7.49. The average Bonchev–Trinajstić information content (AvgIpc) is 2.98. The van der Waals surface area contributed by atoms with Crippen LogP contribution in [0, 0.1) is 0 Å². The molecule has 0 aliphatic heterocycles. The van der Waals surface area contributed by atoms with Gasteiger partial charge in [0.1, 0.15) is 12.2 Å². The molecule has 0 radical (unpaired) electrons. The molecule has 0 amide bonds. The number of hydrogen-bond acceptors (Lipinski definition) is 2. The third-order valence-corrected chi connectivity index (χ3v) is 4.87. The highest BCUT2D eigenvalue weighted by Crippen LogP contribution is 2.49. The van der Waals surface area contributed by atoms with E-state index >= 15 is 0 Å². The van der Waals surface area contributed by atoms with Crippen LogP contribution in [0.2, 0.25) is 0 Å². The van der Waals surface area contributed by atoms with Crippen molar-refractivity contribution in [1.29, 1.82) is 0 Å². The average molecular weight is 286 g/mol. The van der Waals surface area contributed by atoms with Gasteiger partial charge in [-0.05, 0) is 50.2 Å². The zero-order chi connectivity index (χ0) is 14.8. The number of aliphatic hydroxyl groups excluding tert-OH is 2. The Labute approximate surface area is 128 Å². The quantitative estimate of drug-likeness (QED) is 0.511. The van der Waals surface area contributed by atoms with Gasteiger partial charge in [-0.3, -0.25) is 0 Å². The molecule has 0 saturated carbocycles. The van der Waals surface area contributed by atoms with Gasteiger partial charge in [-0.25, -0.2) is 0 Å². The summed E-state index contributed by atoms with van der Waals surface area (Å²) in [6, 6.07) is 16.2. The number of fused-ring (bicyclic) bond motifs is 4. The number of hydrogen-bond donors (Lipinski definition) is 2. The zero-order valence-electron chi connectivity index (χ0n) is 11.8. The highest BCUT2D eigenvalue weighted by atomic mass is 16.3. The van der Waals surface area contributed by atoms with Crippen molar-refractivity contribution in [3.05, 3.63) is 70.8 Å². The third-order valence-electron chi connectivity index (χ3n) is 4.87. The second kappa shape index (κ2) is 4.07. The lowest BCUT2D eigenvalue weighted by Gasteiger charge is -2.31. The fourth-order valence-corrected chi connectivity index (χ4v) is 3.89. The molecule has 2 aliphatic carbocycles. The Balaban J connectivity index is 1.97. The molecule has 22 heavy (non-hydrogen) atoms. The predicted octanol–water partition coefficient (Wildman–Crippen LogP) is 4.07. The summed E-state index contributed by atoms with van der Waals surface area (Å²) in [7, 11) is 0. The molecule has 2 heteroatoms. The Morgan fingerprint density at radius 2 is 1.64 bits per heavy atom. The molecule has 0 saturated heterocycles. The van der Waals surface area contributed by atoms with Gasteiger partial charge in [0.2, 0.25) is 0 Å². The molecule has 2 nitrogen and oxygen atoms in total. The Morgan fingerprint density at radius 1 is 0.773 bits per heavy atom. The largest absolute Gasteiger partial charge is 0.385 e. The van der Waals surface area contributed by atoms with Crippen molar-refractivity contribution in [2.75, 3.05) is 0 Å². The Morgan fingerprint density at radius 3 is 2.55 bits per heavy atom. The summed E-state index contributed by atoms with van der Waals surface area (Å²) in [6.45, 7) is 0. The van der Waals surface area contributed by atoms with E-state index in [4.69, 9.17) is 0 Å². The van der Waals surface area contributed by atoms with Gasteiger partial charge in [0, 0.05) is 0 Å². The fraction of sp³-hybridized carbons (Fsp3) is 0.100.